The molecule has 0 spiro atoms. The van der Waals surface area contributed by atoms with Gasteiger partial charge in [0, 0.05) is 18.7 Å². The van der Waals surface area contributed by atoms with Crippen LogP contribution in [-0.2, 0) is 17.6 Å². The third kappa shape index (κ3) is 2.42. The topological polar surface area (TPSA) is 44.7 Å². The molecule has 20 heavy (non-hydrogen) atoms. The Bertz CT molecular complexity index is 551. The summed E-state index contributed by atoms with van der Waals surface area (Å²) in [6, 6.07) is 6.40. The molecule has 2 aliphatic rings. The molecule has 0 saturated carbocycles. The molecule has 1 aliphatic heterocycles. The quantitative estimate of drug-likeness (QED) is 0.898. The number of rotatable bonds is 2. The van der Waals surface area contributed by atoms with Crippen LogP contribution in [0.3, 0.4) is 0 Å². The van der Waals surface area contributed by atoms with Crippen molar-refractivity contribution >= 4 is 17.6 Å². The standard InChI is InChI=1S/C16H21N3O/c1-2-15(20)19-11-10-17-16(19)18-14-9-5-7-12-6-3-4-8-13(12)14/h5,7,9H,2-4,6,8,10-11H2,1H3,(H,17,18). The number of aliphatic imine (C=N–C) groups is 1. The Kier molecular flexibility index (Phi) is 3.72. The largest absolute Gasteiger partial charge is 0.326 e. The van der Waals surface area contributed by atoms with Crippen molar-refractivity contribution in [2.24, 2.45) is 4.99 Å². The number of fused-ring (bicyclic) bond motifs is 1. The molecule has 4 heteroatoms. The maximum absolute atomic E-state index is 11.9. The number of nitrogens with one attached hydrogen (secondary N) is 1. The highest BCUT2D eigenvalue weighted by atomic mass is 16.2. The van der Waals surface area contributed by atoms with Crippen molar-refractivity contribution in [1.82, 2.24) is 4.90 Å². The number of anilines is 1. The monoisotopic (exact) mass is 271 g/mol. The van der Waals surface area contributed by atoms with Crippen LogP contribution in [0.25, 0.3) is 0 Å². The molecular formula is C16H21N3O. The van der Waals surface area contributed by atoms with Gasteiger partial charge in [0.15, 0.2) is 0 Å². The SMILES string of the molecule is CCC(=O)N1CCN=C1Nc1cccc2c1CCCC2. The number of guanidine groups is 1. The maximum atomic E-state index is 11.9. The van der Waals surface area contributed by atoms with E-state index in [-0.39, 0.29) is 5.91 Å². The lowest BCUT2D eigenvalue weighted by molar-refractivity contribution is -0.126. The molecule has 1 aromatic rings. The highest BCUT2D eigenvalue weighted by Crippen LogP contribution is 2.28. The minimum absolute atomic E-state index is 0.138. The van der Waals surface area contributed by atoms with E-state index >= 15 is 0 Å². The second kappa shape index (κ2) is 5.65. The van der Waals surface area contributed by atoms with E-state index in [0.29, 0.717) is 19.5 Å². The van der Waals surface area contributed by atoms with Crippen LogP contribution in [0.1, 0.15) is 37.3 Å². The van der Waals surface area contributed by atoms with Gasteiger partial charge in [-0.25, -0.2) is 0 Å². The Morgan fingerprint density at radius 2 is 2.20 bits per heavy atom. The number of benzene rings is 1. The van der Waals surface area contributed by atoms with Crippen molar-refractivity contribution in [2.75, 3.05) is 18.4 Å². The van der Waals surface area contributed by atoms with Gasteiger partial charge in [0.1, 0.15) is 0 Å². The first kappa shape index (κ1) is 13.2. The van der Waals surface area contributed by atoms with Crippen molar-refractivity contribution in [3.8, 4) is 0 Å². The number of hydrogen-bond acceptors (Lipinski definition) is 3. The first-order chi connectivity index (χ1) is 9.79. The predicted molar refractivity (Wildman–Crippen MR) is 81.0 cm³/mol. The van der Waals surface area contributed by atoms with E-state index in [1.807, 2.05) is 6.92 Å². The summed E-state index contributed by atoms with van der Waals surface area (Å²) in [5, 5.41) is 3.39. The van der Waals surface area contributed by atoms with Crippen molar-refractivity contribution in [1.29, 1.82) is 0 Å². The third-order valence-electron chi connectivity index (χ3n) is 4.09. The molecule has 0 aromatic heterocycles. The van der Waals surface area contributed by atoms with Gasteiger partial charge in [-0.1, -0.05) is 19.1 Å². The van der Waals surface area contributed by atoms with Gasteiger partial charge in [-0.05, 0) is 42.9 Å². The molecule has 1 heterocycles. The molecule has 0 atom stereocenters. The number of carbonyl (C=O) groups excluding carboxylic acids is 1. The molecule has 0 radical (unpaired) electrons. The minimum Gasteiger partial charge on any atom is -0.326 e. The molecule has 1 aliphatic carbocycles. The van der Waals surface area contributed by atoms with Crippen LogP contribution in [0.2, 0.25) is 0 Å². The fourth-order valence-electron chi connectivity index (χ4n) is 3.01. The van der Waals surface area contributed by atoms with Crippen molar-refractivity contribution in [2.45, 2.75) is 39.0 Å². The highest BCUT2D eigenvalue weighted by Gasteiger charge is 2.23. The Labute approximate surface area is 119 Å². The number of carbonyl (C=O) groups is 1. The van der Waals surface area contributed by atoms with Crippen LogP contribution in [0.4, 0.5) is 5.69 Å². The molecule has 3 rings (SSSR count). The second-order valence-electron chi connectivity index (χ2n) is 5.38. The van der Waals surface area contributed by atoms with Crippen molar-refractivity contribution in [3.63, 3.8) is 0 Å². The summed E-state index contributed by atoms with van der Waals surface area (Å²) in [4.78, 5) is 18.1. The zero-order valence-electron chi connectivity index (χ0n) is 12.0. The highest BCUT2D eigenvalue weighted by molar-refractivity contribution is 6.05. The molecular weight excluding hydrogens is 250 g/mol. The van der Waals surface area contributed by atoms with Crippen molar-refractivity contribution in [3.05, 3.63) is 29.3 Å². The van der Waals surface area contributed by atoms with Crippen LogP contribution in [-0.4, -0.2) is 29.9 Å². The molecule has 0 fully saturated rings. The summed E-state index contributed by atoms with van der Waals surface area (Å²) >= 11 is 0. The van der Waals surface area contributed by atoms with E-state index in [2.05, 4.69) is 28.5 Å². The fraction of sp³-hybridized carbons (Fsp3) is 0.500. The number of hydrogen-bond donors (Lipinski definition) is 1. The van der Waals surface area contributed by atoms with Crippen LogP contribution >= 0.6 is 0 Å². The van der Waals surface area contributed by atoms with Gasteiger partial charge in [-0.2, -0.15) is 0 Å². The van der Waals surface area contributed by atoms with Crippen molar-refractivity contribution < 1.29 is 4.79 Å². The van der Waals surface area contributed by atoms with Crippen LogP contribution in [0.15, 0.2) is 23.2 Å². The number of nitrogens with zero attached hydrogens (tertiary/aromatic N) is 2. The first-order valence-electron chi connectivity index (χ1n) is 7.52. The van der Waals surface area contributed by atoms with Gasteiger partial charge < -0.3 is 5.32 Å². The number of amides is 1. The zero-order chi connectivity index (χ0) is 13.9. The van der Waals surface area contributed by atoms with Gasteiger partial charge in [0.2, 0.25) is 11.9 Å². The average molecular weight is 271 g/mol. The van der Waals surface area contributed by atoms with Gasteiger partial charge in [0.25, 0.3) is 0 Å². The van der Waals surface area contributed by atoms with E-state index in [9.17, 15) is 4.79 Å². The number of aryl methyl sites for hydroxylation is 1. The summed E-state index contributed by atoms with van der Waals surface area (Å²) in [6.45, 7) is 3.29. The Morgan fingerprint density at radius 1 is 1.35 bits per heavy atom. The molecule has 1 N–H and O–H groups in total. The van der Waals surface area contributed by atoms with Gasteiger partial charge in [-0.15, -0.1) is 0 Å². The lowest BCUT2D eigenvalue weighted by Crippen LogP contribution is -2.38. The van der Waals surface area contributed by atoms with E-state index in [4.69, 9.17) is 0 Å². The Morgan fingerprint density at radius 3 is 3.05 bits per heavy atom. The van der Waals surface area contributed by atoms with E-state index < -0.39 is 0 Å². The van der Waals surface area contributed by atoms with Gasteiger partial charge >= 0.3 is 0 Å². The summed E-state index contributed by atoms with van der Waals surface area (Å²) in [7, 11) is 0. The van der Waals surface area contributed by atoms with E-state index in [1.54, 1.807) is 4.90 Å². The lowest BCUT2D eigenvalue weighted by Gasteiger charge is -2.23. The Balaban J connectivity index is 1.83. The van der Waals surface area contributed by atoms with Crippen LogP contribution < -0.4 is 5.32 Å². The summed E-state index contributed by atoms with van der Waals surface area (Å²) in [5.41, 5.74) is 3.96. The zero-order valence-corrected chi connectivity index (χ0v) is 12.0. The molecule has 0 saturated heterocycles. The second-order valence-corrected chi connectivity index (χ2v) is 5.38. The molecule has 4 nitrogen and oxygen atoms in total. The smallest absolute Gasteiger partial charge is 0.229 e. The normalized spacial score (nSPS) is 17.6. The average Bonchev–Trinajstić information content (AvgIpc) is 2.95. The van der Waals surface area contributed by atoms with E-state index in [1.165, 1.54) is 24.0 Å². The molecule has 0 bridgehead atoms. The molecule has 1 aromatic carbocycles. The fourth-order valence-corrected chi connectivity index (χ4v) is 3.01. The van der Waals surface area contributed by atoms with Crippen LogP contribution in [0.5, 0.6) is 0 Å². The lowest BCUT2D eigenvalue weighted by atomic mass is 9.90. The maximum Gasteiger partial charge on any atom is 0.229 e. The third-order valence-corrected chi connectivity index (χ3v) is 4.09. The summed E-state index contributed by atoms with van der Waals surface area (Å²) < 4.78 is 0. The Hall–Kier alpha value is -1.84. The van der Waals surface area contributed by atoms with E-state index in [0.717, 1.165) is 24.5 Å². The van der Waals surface area contributed by atoms with Gasteiger partial charge in [-0.3, -0.25) is 14.7 Å². The molecule has 1 amide bonds. The summed E-state index contributed by atoms with van der Waals surface area (Å²) in [5.74, 6) is 0.856. The predicted octanol–water partition coefficient (Wildman–Crippen LogP) is 2.59. The summed E-state index contributed by atoms with van der Waals surface area (Å²) in [6.07, 6.45) is 5.32. The molecule has 0 unspecified atom stereocenters. The van der Waals surface area contributed by atoms with Gasteiger partial charge in [0.05, 0.1) is 6.54 Å². The first-order valence-corrected chi connectivity index (χ1v) is 7.52. The molecule has 106 valence electrons. The minimum atomic E-state index is 0.138. The van der Waals surface area contributed by atoms with Crippen LogP contribution in [0, 0.1) is 0 Å².